The van der Waals surface area contributed by atoms with E-state index in [0.717, 1.165) is 22.5 Å². The first-order chi connectivity index (χ1) is 14.2. The van der Waals surface area contributed by atoms with E-state index >= 15 is 0 Å². The van der Waals surface area contributed by atoms with Crippen LogP contribution in [0.15, 0.2) is 51.0 Å². The Labute approximate surface area is 180 Å². The maximum Gasteiger partial charge on any atom is 0.291 e. The van der Waals surface area contributed by atoms with Crippen LogP contribution in [0.3, 0.4) is 0 Å². The van der Waals surface area contributed by atoms with Crippen molar-refractivity contribution in [2.24, 2.45) is 21.3 Å². The van der Waals surface area contributed by atoms with Crippen molar-refractivity contribution in [3.63, 3.8) is 0 Å². The van der Waals surface area contributed by atoms with Crippen LogP contribution < -0.4 is 0 Å². The third kappa shape index (κ3) is 3.57. The van der Waals surface area contributed by atoms with Gasteiger partial charge in [-0.1, -0.05) is 54.3 Å². The topological polar surface area (TPSA) is 96.6 Å². The summed E-state index contributed by atoms with van der Waals surface area (Å²) in [5.74, 6) is 0.602. The molecule has 0 aromatic heterocycles. The van der Waals surface area contributed by atoms with Gasteiger partial charge >= 0.3 is 0 Å². The molecule has 0 aromatic rings. The molecule has 0 spiro atoms. The number of nitriles is 1. The largest absolute Gasteiger partial charge is 0.299 e. The first kappa shape index (κ1) is 21.4. The second-order valence-corrected chi connectivity index (χ2v) is 12.2. The lowest BCUT2D eigenvalue weighted by atomic mass is 9.70. The Hall–Kier alpha value is -1.82. The standard InChI is InChI=1S/C22H26N2O4S2/c1-21(2)18-8-10-22(21,20(25)14-18)15-30(26,27)28-24-29-12-4-7-19(29)17-6-3-5-16(13-17)9-11-23/h3-7,18H,8-10,12-15H2,1-2H3. The molecule has 6 nitrogen and oxygen atoms in total. The molecule has 1 aliphatic heterocycles. The minimum Gasteiger partial charge on any atom is -0.299 e. The molecule has 0 saturated heterocycles. The maximum atomic E-state index is 12.8. The molecule has 1 heterocycles. The Morgan fingerprint density at radius 3 is 2.83 bits per heavy atom. The van der Waals surface area contributed by atoms with Crippen LogP contribution in [0.4, 0.5) is 0 Å². The number of nitrogens with zero attached hydrogens (tertiary/aromatic N) is 2. The highest BCUT2D eigenvalue weighted by Crippen LogP contribution is 2.64. The van der Waals surface area contributed by atoms with Gasteiger partial charge in [0.25, 0.3) is 10.1 Å². The summed E-state index contributed by atoms with van der Waals surface area (Å²) in [4.78, 5) is 13.6. The van der Waals surface area contributed by atoms with Gasteiger partial charge in [0.1, 0.15) is 5.78 Å². The maximum absolute atomic E-state index is 12.8. The van der Waals surface area contributed by atoms with Crippen LogP contribution in [-0.4, -0.2) is 25.7 Å². The Kier molecular flexibility index (Phi) is 5.50. The first-order valence-corrected chi connectivity index (χ1v) is 13.1. The second kappa shape index (κ2) is 7.70. The van der Waals surface area contributed by atoms with Crippen molar-refractivity contribution in [2.45, 2.75) is 46.0 Å². The van der Waals surface area contributed by atoms with Gasteiger partial charge in [-0.25, -0.2) is 0 Å². The van der Waals surface area contributed by atoms with Gasteiger partial charge in [-0.15, -0.1) is 4.28 Å². The van der Waals surface area contributed by atoms with E-state index in [1.165, 1.54) is 0 Å². The van der Waals surface area contributed by atoms with Crippen LogP contribution in [-0.2, 0) is 29.9 Å². The van der Waals surface area contributed by atoms with Crippen LogP contribution in [0.1, 0.15) is 46.0 Å². The molecule has 0 N–H and O–H groups in total. The minimum atomic E-state index is -3.98. The molecule has 30 heavy (non-hydrogen) atoms. The number of allylic oxidation sites excluding steroid dienone is 6. The van der Waals surface area contributed by atoms with E-state index in [1.807, 2.05) is 44.2 Å². The van der Waals surface area contributed by atoms with E-state index in [2.05, 4.69) is 10.6 Å². The predicted molar refractivity (Wildman–Crippen MR) is 116 cm³/mol. The third-order valence-electron chi connectivity index (χ3n) is 7.24. The first-order valence-electron chi connectivity index (χ1n) is 10.2. The van der Waals surface area contributed by atoms with E-state index in [0.29, 0.717) is 31.4 Å². The summed E-state index contributed by atoms with van der Waals surface area (Å²) in [6.45, 7) is 4.02. The van der Waals surface area contributed by atoms with Crippen LogP contribution in [0.5, 0.6) is 0 Å². The van der Waals surface area contributed by atoms with E-state index in [1.54, 1.807) is 0 Å². The number of hydrogen-bond acceptors (Lipinski definition) is 6. The molecule has 160 valence electrons. The SMILES string of the molecule is CC1(C)C2CCC1(CS(=O)(=O)ON=S1CC=CC1=C1C=CC=C(CC#N)C1)C(=O)C2. The molecule has 3 atom stereocenters. The zero-order valence-corrected chi connectivity index (χ0v) is 18.9. The number of ketones is 1. The fourth-order valence-corrected chi connectivity index (χ4v) is 8.61. The zero-order valence-electron chi connectivity index (χ0n) is 17.3. The second-order valence-electron chi connectivity index (χ2n) is 9.04. The smallest absolute Gasteiger partial charge is 0.291 e. The highest BCUT2D eigenvalue weighted by molar-refractivity contribution is 7.92. The van der Waals surface area contributed by atoms with Gasteiger partial charge in [-0.05, 0) is 46.9 Å². The van der Waals surface area contributed by atoms with Gasteiger partial charge in [-0.2, -0.15) is 13.7 Å². The Morgan fingerprint density at radius 2 is 2.17 bits per heavy atom. The van der Waals surface area contributed by atoms with Crippen LogP contribution in [0.2, 0.25) is 0 Å². The minimum absolute atomic E-state index is 0.0490. The Morgan fingerprint density at radius 1 is 1.37 bits per heavy atom. The van der Waals surface area contributed by atoms with Crippen molar-refractivity contribution in [3.05, 3.63) is 46.4 Å². The van der Waals surface area contributed by atoms with E-state index in [4.69, 9.17) is 9.55 Å². The lowest BCUT2D eigenvalue weighted by molar-refractivity contribution is -0.128. The monoisotopic (exact) mass is 446 g/mol. The molecule has 4 rings (SSSR count). The van der Waals surface area contributed by atoms with Gasteiger partial charge in [-0.3, -0.25) is 4.79 Å². The molecule has 3 aliphatic carbocycles. The molecule has 2 fully saturated rings. The average Bonchev–Trinajstić information content (AvgIpc) is 3.30. The van der Waals surface area contributed by atoms with Crippen molar-refractivity contribution in [2.75, 3.05) is 11.5 Å². The summed E-state index contributed by atoms with van der Waals surface area (Å²) in [7, 11) is -4.70. The van der Waals surface area contributed by atoms with Crippen molar-refractivity contribution >= 4 is 26.6 Å². The molecule has 4 aliphatic rings. The van der Waals surface area contributed by atoms with Crippen LogP contribution in [0.25, 0.3) is 0 Å². The van der Waals surface area contributed by atoms with Crippen molar-refractivity contribution < 1.29 is 17.5 Å². The molecule has 2 bridgehead atoms. The Bertz CT molecular complexity index is 1090. The molecular formula is C22H26N2O4S2. The molecule has 0 amide bonds. The quantitative estimate of drug-likeness (QED) is 0.593. The van der Waals surface area contributed by atoms with Crippen LogP contribution in [0, 0.1) is 28.1 Å². The average molecular weight is 447 g/mol. The lowest BCUT2D eigenvalue weighted by Gasteiger charge is -2.35. The van der Waals surface area contributed by atoms with Gasteiger partial charge in [0, 0.05) is 17.1 Å². The van der Waals surface area contributed by atoms with Gasteiger partial charge < -0.3 is 0 Å². The van der Waals surface area contributed by atoms with Gasteiger partial charge in [0.05, 0.1) is 23.7 Å². The molecule has 0 aromatic carbocycles. The fraction of sp³-hybridized carbons (Fsp3) is 0.545. The highest BCUT2D eigenvalue weighted by Gasteiger charge is 2.65. The fourth-order valence-electron chi connectivity index (χ4n) is 5.32. The van der Waals surface area contributed by atoms with Crippen LogP contribution >= 0.6 is 0 Å². The lowest BCUT2D eigenvalue weighted by Crippen LogP contribution is -2.42. The molecule has 2 saturated carbocycles. The van der Waals surface area contributed by atoms with Gasteiger partial charge in [0.2, 0.25) is 0 Å². The van der Waals surface area contributed by atoms with E-state index in [9.17, 15) is 13.2 Å². The highest BCUT2D eigenvalue weighted by atomic mass is 32.2. The number of Topliss-reactive ketones (excluding diaryl/α,β-unsaturated/α-hetero) is 1. The molecular weight excluding hydrogens is 420 g/mol. The number of rotatable bonds is 5. The van der Waals surface area contributed by atoms with E-state index < -0.39 is 26.2 Å². The summed E-state index contributed by atoms with van der Waals surface area (Å²) in [6.07, 6.45) is 12.7. The number of fused-ring (bicyclic) bond motifs is 2. The summed E-state index contributed by atoms with van der Waals surface area (Å²) in [5.41, 5.74) is 0.875. The molecule has 3 unspecified atom stereocenters. The summed E-state index contributed by atoms with van der Waals surface area (Å²) >= 11 is 0. The Balaban J connectivity index is 1.53. The summed E-state index contributed by atoms with van der Waals surface area (Å²) < 4.78 is 34.9. The van der Waals surface area contributed by atoms with Crippen molar-refractivity contribution in [1.29, 1.82) is 5.26 Å². The molecule has 8 heteroatoms. The van der Waals surface area contributed by atoms with Gasteiger partial charge in [0.15, 0.2) is 0 Å². The summed E-state index contributed by atoms with van der Waals surface area (Å²) in [6, 6.07) is 2.17. The number of hydrogen-bond donors (Lipinski definition) is 0. The molecule has 0 radical (unpaired) electrons. The van der Waals surface area contributed by atoms with Crippen molar-refractivity contribution in [3.8, 4) is 6.07 Å². The normalized spacial score (nSPS) is 34.6. The van der Waals surface area contributed by atoms with E-state index in [-0.39, 0.29) is 22.9 Å². The summed E-state index contributed by atoms with van der Waals surface area (Å²) in [5, 5.41) is 8.94. The predicted octanol–water partition coefficient (Wildman–Crippen LogP) is 4.07. The third-order valence-corrected chi connectivity index (χ3v) is 10.2. The zero-order chi connectivity index (χ0) is 21.6. The number of carbonyl (C=O) groups is 1. The number of carbonyl (C=O) groups excluding carboxylic acids is 1. The van der Waals surface area contributed by atoms with Crippen molar-refractivity contribution in [1.82, 2.24) is 0 Å².